The molecular weight excluding hydrogens is 281 g/mol. The molecule has 0 saturated carbocycles. The monoisotopic (exact) mass is 299 g/mol. The Morgan fingerprint density at radius 1 is 1.45 bits per heavy atom. The van der Waals surface area contributed by atoms with Crippen LogP contribution >= 0.6 is 0 Å². The average molecular weight is 299 g/mol. The molecule has 20 heavy (non-hydrogen) atoms. The molecule has 110 valence electrons. The van der Waals surface area contributed by atoms with Crippen LogP contribution in [0.15, 0.2) is 23.1 Å². The Morgan fingerprint density at radius 3 is 2.60 bits per heavy atom. The lowest BCUT2D eigenvalue weighted by atomic mass is 10.2. The van der Waals surface area contributed by atoms with Crippen LogP contribution in [0.25, 0.3) is 0 Å². The number of halogens is 1. The third kappa shape index (κ3) is 3.68. The minimum atomic E-state index is -4.05. The van der Waals surface area contributed by atoms with Gasteiger partial charge in [-0.2, -0.15) is 9.57 Å². The Kier molecular flexibility index (Phi) is 5.48. The van der Waals surface area contributed by atoms with Crippen LogP contribution in [-0.2, 0) is 10.0 Å². The smallest absolute Gasteiger partial charge is 0.248 e. The fourth-order valence-corrected chi connectivity index (χ4v) is 3.58. The minimum Gasteiger partial charge on any atom is -0.398 e. The standard InChI is InChI=1S/C13H18FN3O2S/c1-10(2)9-17(8-4-7-15)20(18,19)13-11(14)5-3-6-12(13)16/h3,5-6,10H,4,8-9,16H2,1-2H3. The van der Waals surface area contributed by atoms with Crippen LogP contribution < -0.4 is 5.73 Å². The number of sulfonamides is 1. The number of hydrogen-bond donors (Lipinski definition) is 1. The molecule has 0 aliphatic carbocycles. The van der Waals surface area contributed by atoms with Crippen molar-refractivity contribution in [3.05, 3.63) is 24.0 Å². The maximum atomic E-state index is 13.8. The summed E-state index contributed by atoms with van der Waals surface area (Å²) in [6, 6.07) is 5.64. The highest BCUT2D eigenvalue weighted by atomic mass is 32.2. The van der Waals surface area contributed by atoms with Crippen molar-refractivity contribution in [1.82, 2.24) is 4.31 Å². The van der Waals surface area contributed by atoms with E-state index in [2.05, 4.69) is 0 Å². The lowest BCUT2D eigenvalue weighted by Gasteiger charge is -2.23. The van der Waals surface area contributed by atoms with Crippen molar-refractivity contribution >= 4 is 15.7 Å². The second-order valence-corrected chi connectivity index (χ2v) is 6.70. The zero-order chi connectivity index (χ0) is 15.3. The van der Waals surface area contributed by atoms with Crippen LogP contribution in [0.4, 0.5) is 10.1 Å². The van der Waals surface area contributed by atoms with E-state index in [0.29, 0.717) is 0 Å². The Hall–Kier alpha value is -1.65. The molecule has 0 fully saturated rings. The van der Waals surface area contributed by atoms with Crippen molar-refractivity contribution in [2.75, 3.05) is 18.8 Å². The van der Waals surface area contributed by atoms with E-state index in [4.69, 9.17) is 11.0 Å². The summed E-state index contributed by atoms with van der Waals surface area (Å²) in [5, 5.41) is 8.62. The number of nitrogen functional groups attached to an aromatic ring is 1. The van der Waals surface area contributed by atoms with Gasteiger partial charge in [-0.25, -0.2) is 12.8 Å². The summed E-state index contributed by atoms with van der Waals surface area (Å²) >= 11 is 0. The second kappa shape index (κ2) is 6.68. The van der Waals surface area contributed by atoms with E-state index in [0.717, 1.165) is 10.4 Å². The van der Waals surface area contributed by atoms with E-state index in [1.165, 1.54) is 12.1 Å². The normalized spacial score (nSPS) is 11.8. The molecule has 0 aromatic heterocycles. The van der Waals surface area contributed by atoms with Crippen molar-refractivity contribution in [2.45, 2.75) is 25.2 Å². The topological polar surface area (TPSA) is 87.2 Å². The van der Waals surface area contributed by atoms with Crippen molar-refractivity contribution in [1.29, 1.82) is 5.26 Å². The third-order valence-electron chi connectivity index (χ3n) is 2.64. The molecule has 7 heteroatoms. The fraction of sp³-hybridized carbons (Fsp3) is 0.462. The first-order valence-corrected chi connectivity index (χ1v) is 7.65. The quantitative estimate of drug-likeness (QED) is 0.813. The molecule has 0 bridgehead atoms. The fourth-order valence-electron chi connectivity index (χ4n) is 1.82. The van der Waals surface area contributed by atoms with Crippen molar-refractivity contribution in [3.63, 3.8) is 0 Å². The average Bonchev–Trinajstić information content (AvgIpc) is 2.33. The molecular formula is C13H18FN3O2S. The summed E-state index contributed by atoms with van der Waals surface area (Å²) in [4.78, 5) is -0.515. The summed E-state index contributed by atoms with van der Waals surface area (Å²) in [6.07, 6.45) is 0.0420. The molecule has 0 amide bonds. The molecule has 0 saturated heterocycles. The molecule has 0 heterocycles. The van der Waals surface area contributed by atoms with Crippen LogP contribution in [0.5, 0.6) is 0 Å². The zero-order valence-electron chi connectivity index (χ0n) is 11.5. The molecule has 2 N–H and O–H groups in total. The SMILES string of the molecule is CC(C)CN(CCC#N)S(=O)(=O)c1c(N)cccc1F. The van der Waals surface area contributed by atoms with Crippen molar-refractivity contribution < 1.29 is 12.8 Å². The molecule has 0 atom stereocenters. The number of hydrogen-bond acceptors (Lipinski definition) is 4. The highest BCUT2D eigenvalue weighted by molar-refractivity contribution is 7.89. The zero-order valence-corrected chi connectivity index (χ0v) is 12.3. The Labute approximate surface area is 118 Å². The van der Waals surface area contributed by atoms with Gasteiger partial charge in [0.2, 0.25) is 10.0 Å². The largest absolute Gasteiger partial charge is 0.398 e. The molecule has 1 rings (SSSR count). The molecule has 0 aliphatic rings. The van der Waals surface area contributed by atoms with Gasteiger partial charge in [0, 0.05) is 19.5 Å². The van der Waals surface area contributed by atoms with Gasteiger partial charge in [-0.1, -0.05) is 19.9 Å². The van der Waals surface area contributed by atoms with Crippen LogP contribution in [-0.4, -0.2) is 25.8 Å². The lowest BCUT2D eigenvalue weighted by Crippen LogP contribution is -2.35. The maximum absolute atomic E-state index is 13.8. The third-order valence-corrected chi connectivity index (χ3v) is 4.60. The number of nitrogens with two attached hydrogens (primary N) is 1. The van der Waals surface area contributed by atoms with Gasteiger partial charge in [-0.15, -0.1) is 0 Å². The van der Waals surface area contributed by atoms with Crippen LogP contribution in [0.3, 0.4) is 0 Å². The van der Waals surface area contributed by atoms with Crippen LogP contribution in [0.1, 0.15) is 20.3 Å². The van der Waals surface area contributed by atoms with E-state index < -0.39 is 20.7 Å². The van der Waals surface area contributed by atoms with Gasteiger partial charge in [0.25, 0.3) is 0 Å². The Morgan fingerprint density at radius 2 is 2.10 bits per heavy atom. The Balaban J connectivity index is 3.26. The highest BCUT2D eigenvalue weighted by Crippen LogP contribution is 2.26. The molecule has 0 radical (unpaired) electrons. The number of nitriles is 1. The highest BCUT2D eigenvalue weighted by Gasteiger charge is 2.29. The predicted octanol–water partition coefficient (Wildman–Crippen LogP) is 1.97. The van der Waals surface area contributed by atoms with E-state index in [1.807, 2.05) is 19.9 Å². The predicted molar refractivity (Wildman–Crippen MR) is 74.6 cm³/mol. The van der Waals surface area contributed by atoms with Crippen molar-refractivity contribution in [2.24, 2.45) is 5.92 Å². The molecule has 1 aromatic rings. The summed E-state index contributed by atoms with van der Waals surface area (Å²) < 4.78 is 39.9. The molecule has 1 aromatic carbocycles. The summed E-state index contributed by atoms with van der Waals surface area (Å²) in [7, 11) is -4.05. The molecule has 0 spiro atoms. The van der Waals surface area contributed by atoms with Gasteiger partial charge in [0.1, 0.15) is 10.7 Å². The van der Waals surface area contributed by atoms with Gasteiger partial charge < -0.3 is 5.73 Å². The first-order valence-electron chi connectivity index (χ1n) is 6.21. The van der Waals surface area contributed by atoms with Gasteiger partial charge >= 0.3 is 0 Å². The number of nitrogens with zero attached hydrogens (tertiary/aromatic N) is 2. The van der Waals surface area contributed by atoms with Gasteiger partial charge in [0.15, 0.2) is 0 Å². The van der Waals surface area contributed by atoms with E-state index >= 15 is 0 Å². The summed E-state index contributed by atoms with van der Waals surface area (Å²) in [5.41, 5.74) is 5.46. The minimum absolute atomic E-state index is 0.0186. The van der Waals surface area contributed by atoms with Gasteiger partial charge in [-0.3, -0.25) is 0 Å². The maximum Gasteiger partial charge on any atom is 0.248 e. The van der Waals surface area contributed by atoms with Crippen LogP contribution in [0.2, 0.25) is 0 Å². The first kappa shape index (κ1) is 16.4. The number of anilines is 1. The summed E-state index contributed by atoms with van der Waals surface area (Å²) in [5.74, 6) is -0.827. The van der Waals surface area contributed by atoms with Gasteiger partial charge in [-0.05, 0) is 18.1 Å². The summed E-state index contributed by atoms with van der Waals surface area (Å²) in [6.45, 7) is 3.92. The van der Waals surface area contributed by atoms with Crippen molar-refractivity contribution in [3.8, 4) is 6.07 Å². The Bertz CT molecular complexity index is 588. The lowest BCUT2D eigenvalue weighted by molar-refractivity contribution is 0.371. The van der Waals surface area contributed by atoms with Crippen LogP contribution in [0, 0.1) is 23.1 Å². The van der Waals surface area contributed by atoms with E-state index in [9.17, 15) is 12.8 Å². The number of benzene rings is 1. The second-order valence-electron chi connectivity index (χ2n) is 4.82. The molecule has 0 aliphatic heterocycles. The first-order chi connectivity index (χ1) is 9.30. The van der Waals surface area contributed by atoms with E-state index in [-0.39, 0.29) is 31.1 Å². The number of rotatable bonds is 6. The molecule has 0 unspecified atom stereocenters. The van der Waals surface area contributed by atoms with E-state index in [1.54, 1.807) is 0 Å². The molecule has 5 nitrogen and oxygen atoms in total. The van der Waals surface area contributed by atoms with Gasteiger partial charge in [0.05, 0.1) is 11.8 Å².